The van der Waals surface area contributed by atoms with E-state index in [4.69, 9.17) is 9.94 Å². The van der Waals surface area contributed by atoms with Crippen LogP contribution in [0.15, 0.2) is 42.7 Å². The van der Waals surface area contributed by atoms with Gasteiger partial charge in [-0.1, -0.05) is 30.3 Å². The van der Waals surface area contributed by atoms with E-state index in [1.54, 1.807) is 0 Å². The van der Waals surface area contributed by atoms with E-state index in [2.05, 4.69) is 15.3 Å². The monoisotopic (exact) mass is 286 g/mol. The van der Waals surface area contributed by atoms with Crippen LogP contribution >= 0.6 is 0 Å². The van der Waals surface area contributed by atoms with Gasteiger partial charge >= 0.3 is 0 Å². The topological polar surface area (TPSA) is 96.4 Å². The summed E-state index contributed by atoms with van der Waals surface area (Å²) in [6.07, 6.45) is 2.69. The van der Waals surface area contributed by atoms with Crippen molar-refractivity contribution < 1.29 is 14.7 Å². The Morgan fingerprint density at radius 2 is 1.86 bits per heavy atom. The number of hydroxylamine groups is 1. The van der Waals surface area contributed by atoms with Crippen LogP contribution in [0.5, 0.6) is 0 Å². The fraction of sp³-hybridized carbons (Fsp3) is 0.214. The quantitative estimate of drug-likeness (QED) is 0.571. The number of carbonyl (C=O) groups excluding carboxylic acids is 1. The van der Waals surface area contributed by atoms with Crippen LogP contribution in [-0.4, -0.2) is 34.3 Å². The van der Waals surface area contributed by atoms with Crippen molar-refractivity contribution in [1.82, 2.24) is 15.4 Å². The Morgan fingerprint density at radius 3 is 2.38 bits per heavy atom. The molecule has 0 aliphatic carbocycles. The zero-order chi connectivity index (χ0) is 14.7. The molecule has 1 amide bonds. The first-order chi connectivity index (χ1) is 10.2. The number of nitrogens with one attached hydrogen (secondary N) is 2. The molecule has 3 rings (SSSR count). The van der Waals surface area contributed by atoms with Gasteiger partial charge in [0.2, 0.25) is 5.95 Å². The largest absolute Gasteiger partial charge is 0.376 e. The standard InChI is InChI=1S/C14H14N4O3/c19-12(18-20)10-6-15-13(16-7-10)17-14(8-21-9-14)11-4-2-1-3-5-11/h1-7,20H,8-9H2,(H,18,19)(H,15,16,17). The molecule has 0 radical (unpaired) electrons. The first-order valence-electron chi connectivity index (χ1n) is 6.41. The molecule has 0 spiro atoms. The summed E-state index contributed by atoms with van der Waals surface area (Å²) in [7, 11) is 0. The predicted molar refractivity (Wildman–Crippen MR) is 73.8 cm³/mol. The van der Waals surface area contributed by atoms with Gasteiger partial charge in [-0.3, -0.25) is 10.0 Å². The minimum Gasteiger partial charge on any atom is -0.376 e. The van der Waals surface area contributed by atoms with E-state index in [1.807, 2.05) is 30.3 Å². The molecule has 0 saturated carbocycles. The maximum Gasteiger partial charge on any atom is 0.277 e. The van der Waals surface area contributed by atoms with E-state index < -0.39 is 5.91 Å². The third-order valence-corrected chi connectivity index (χ3v) is 3.39. The summed E-state index contributed by atoms with van der Waals surface area (Å²) in [5.74, 6) is -0.247. The Hall–Kier alpha value is -2.51. The molecule has 0 unspecified atom stereocenters. The number of aromatic nitrogens is 2. The van der Waals surface area contributed by atoms with Crippen molar-refractivity contribution in [3.8, 4) is 0 Å². The highest BCUT2D eigenvalue weighted by atomic mass is 16.5. The molecule has 2 aromatic rings. The van der Waals surface area contributed by atoms with Crippen LogP contribution in [-0.2, 0) is 10.3 Å². The number of amides is 1. The van der Waals surface area contributed by atoms with Crippen LogP contribution in [0.3, 0.4) is 0 Å². The first-order valence-corrected chi connectivity index (χ1v) is 6.41. The highest BCUT2D eigenvalue weighted by molar-refractivity contribution is 5.92. The summed E-state index contributed by atoms with van der Waals surface area (Å²) in [5, 5.41) is 11.8. The maximum atomic E-state index is 11.2. The number of nitrogens with zero attached hydrogens (tertiary/aromatic N) is 2. The lowest BCUT2D eigenvalue weighted by molar-refractivity contribution is -0.0450. The molecule has 108 valence electrons. The zero-order valence-electron chi connectivity index (χ0n) is 11.1. The van der Waals surface area contributed by atoms with Gasteiger partial charge in [0.1, 0.15) is 5.54 Å². The van der Waals surface area contributed by atoms with Crippen LogP contribution in [0.1, 0.15) is 15.9 Å². The molecule has 7 heteroatoms. The average molecular weight is 286 g/mol. The SMILES string of the molecule is O=C(NO)c1cnc(NC2(c3ccccc3)COC2)nc1. The van der Waals surface area contributed by atoms with Gasteiger partial charge in [0.15, 0.2) is 0 Å². The highest BCUT2D eigenvalue weighted by Crippen LogP contribution is 2.32. The Balaban J connectivity index is 1.80. The van der Waals surface area contributed by atoms with E-state index in [0.29, 0.717) is 19.2 Å². The lowest BCUT2D eigenvalue weighted by Gasteiger charge is -2.42. The Labute approximate surface area is 121 Å². The van der Waals surface area contributed by atoms with E-state index in [9.17, 15) is 4.79 Å². The number of anilines is 1. The van der Waals surface area contributed by atoms with Gasteiger partial charge in [0.05, 0.1) is 18.8 Å². The summed E-state index contributed by atoms with van der Waals surface area (Å²) >= 11 is 0. The van der Waals surface area contributed by atoms with E-state index >= 15 is 0 Å². The van der Waals surface area contributed by atoms with Crippen molar-refractivity contribution in [2.75, 3.05) is 18.5 Å². The van der Waals surface area contributed by atoms with Crippen molar-refractivity contribution in [3.05, 3.63) is 53.9 Å². The van der Waals surface area contributed by atoms with Gasteiger partial charge in [-0.2, -0.15) is 0 Å². The molecule has 21 heavy (non-hydrogen) atoms. The summed E-state index contributed by atoms with van der Waals surface area (Å²) in [6.45, 7) is 1.05. The van der Waals surface area contributed by atoms with E-state index in [1.165, 1.54) is 17.9 Å². The van der Waals surface area contributed by atoms with Crippen LogP contribution in [0, 0.1) is 0 Å². The second-order valence-corrected chi connectivity index (χ2v) is 4.80. The lowest BCUT2D eigenvalue weighted by Crippen LogP contribution is -2.53. The van der Waals surface area contributed by atoms with Crippen LogP contribution in [0.25, 0.3) is 0 Å². The third-order valence-electron chi connectivity index (χ3n) is 3.39. The van der Waals surface area contributed by atoms with Gasteiger partial charge < -0.3 is 10.1 Å². The maximum absolute atomic E-state index is 11.2. The fourth-order valence-electron chi connectivity index (χ4n) is 2.16. The molecule has 1 aromatic carbocycles. The van der Waals surface area contributed by atoms with Crippen molar-refractivity contribution in [2.24, 2.45) is 0 Å². The molecule has 3 N–H and O–H groups in total. The molecule has 1 aliphatic heterocycles. The fourth-order valence-corrected chi connectivity index (χ4v) is 2.16. The number of rotatable bonds is 4. The van der Waals surface area contributed by atoms with Crippen molar-refractivity contribution in [1.29, 1.82) is 0 Å². The summed E-state index contributed by atoms with van der Waals surface area (Å²) in [6, 6.07) is 9.92. The smallest absolute Gasteiger partial charge is 0.277 e. The van der Waals surface area contributed by atoms with Crippen LogP contribution in [0.2, 0.25) is 0 Å². The molecule has 1 aliphatic rings. The third kappa shape index (κ3) is 2.56. The normalized spacial score (nSPS) is 15.9. The Bertz CT molecular complexity index is 626. The first kappa shape index (κ1) is 13.5. The van der Waals surface area contributed by atoms with Crippen molar-refractivity contribution in [2.45, 2.75) is 5.54 Å². The van der Waals surface area contributed by atoms with Gasteiger partial charge in [0.25, 0.3) is 5.91 Å². The van der Waals surface area contributed by atoms with E-state index in [0.717, 1.165) is 5.56 Å². The molecular formula is C14H14N4O3. The van der Waals surface area contributed by atoms with Gasteiger partial charge in [0, 0.05) is 12.4 Å². The van der Waals surface area contributed by atoms with Crippen molar-refractivity contribution in [3.63, 3.8) is 0 Å². The second-order valence-electron chi connectivity index (χ2n) is 4.80. The van der Waals surface area contributed by atoms with Crippen LogP contribution < -0.4 is 10.8 Å². The molecule has 0 bridgehead atoms. The molecule has 0 atom stereocenters. The summed E-state index contributed by atoms with van der Waals surface area (Å²) < 4.78 is 5.33. The minimum absolute atomic E-state index is 0.182. The number of hydrogen-bond donors (Lipinski definition) is 3. The highest BCUT2D eigenvalue weighted by Gasteiger charge is 2.40. The molecule has 1 saturated heterocycles. The Kier molecular flexibility index (Phi) is 3.51. The molecule has 2 heterocycles. The van der Waals surface area contributed by atoms with Crippen LogP contribution in [0.4, 0.5) is 5.95 Å². The zero-order valence-corrected chi connectivity index (χ0v) is 11.1. The number of ether oxygens (including phenoxy) is 1. The molecule has 1 aromatic heterocycles. The second kappa shape index (κ2) is 5.47. The van der Waals surface area contributed by atoms with Gasteiger partial charge in [-0.25, -0.2) is 15.4 Å². The van der Waals surface area contributed by atoms with Gasteiger partial charge in [-0.05, 0) is 5.56 Å². The summed E-state index contributed by atoms with van der Waals surface area (Å²) in [5.41, 5.74) is 2.47. The average Bonchev–Trinajstić information content (AvgIpc) is 2.51. The Morgan fingerprint density at radius 1 is 1.19 bits per heavy atom. The molecule has 7 nitrogen and oxygen atoms in total. The lowest BCUT2D eigenvalue weighted by atomic mass is 9.88. The molecular weight excluding hydrogens is 272 g/mol. The molecule has 1 fully saturated rings. The number of carbonyl (C=O) groups is 1. The number of benzene rings is 1. The number of hydrogen-bond acceptors (Lipinski definition) is 6. The van der Waals surface area contributed by atoms with E-state index in [-0.39, 0.29) is 11.1 Å². The van der Waals surface area contributed by atoms with Crippen molar-refractivity contribution >= 4 is 11.9 Å². The predicted octanol–water partition coefficient (Wildman–Crippen LogP) is 0.933. The summed E-state index contributed by atoms with van der Waals surface area (Å²) in [4.78, 5) is 19.4. The minimum atomic E-state index is -0.647. The van der Waals surface area contributed by atoms with Gasteiger partial charge in [-0.15, -0.1) is 0 Å².